The first kappa shape index (κ1) is 58.7. The minimum atomic E-state index is -0.125. The Balaban J connectivity index is 1.04. The maximum Gasteiger partial charge on any atom is 0.252 e. The van der Waals surface area contributed by atoms with E-state index >= 15 is 0 Å². The molecule has 0 atom stereocenters. The van der Waals surface area contributed by atoms with Crippen LogP contribution in [0, 0.1) is 0 Å². The fourth-order valence-electron chi connectivity index (χ4n) is 16.0. The van der Waals surface area contributed by atoms with Crippen molar-refractivity contribution in [3.05, 3.63) is 258 Å². The summed E-state index contributed by atoms with van der Waals surface area (Å²) in [6.45, 7) is 28.2. The fourth-order valence-corrected chi connectivity index (χ4v) is 16.0. The third-order valence-corrected chi connectivity index (χ3v) is 21.1. The number of hydrogen-bond acceptors (Lipinski definition) is 2. The van der Waals surface area contributed by atoms with E-state index in [2.05, 4.69) is 333 Å². The molecule has 0 saturated heterocycles. The highest BCUT2D eigenvalue weighted by Gasteiger charge is 2.45. The van der Waals surface area contributed by atoms with E-state index in [1.807, 2.05) is 0 Å². The summed E-state index contributed by atoms with van der Waals surface area (Å²) in [5.41, 5.74) is 29.7. The van der Waals surface area contributed by atoms with Crippen LogP contribution in [0.1, 0.15) is 149 Å². The number of benzene rings is 11. The highest BCUT2D eigenvalue weighted by Crippen LogP contribution is 2.52. The van der Waals surface area contributed by atoms with Gasteiger partial charge < -0.3 is 18.9 Å². The number of hydrogen-bond donors (Lipinski definition) is 0. The van der Waals surface area contributed by atoms with Crippen molar-refractivity contribution in [3.63, 3.8) is 0 Å². The number of anilines is 6. The molecule has 0 spiro atoms. The first-order valence-electron chi connectivity index (χ1n) is 34.2. The number of para-hydroxylation sites is 6. The maximum absolute atomic E-state index is 2.73. The Morgan fingerprint density at radius 2 is 0.645 bits per heavy atom. The molecular formula is C88H85BN4. The monoisotopic (exact) mass is 1210 g/mol. The van der Waals surface area contributed by atoms with Crippen molar-refractivity contribution in [2.45, 2.75) is 143 Å². The van der Waals surface area contributed by atoms with Gasteiger partial charge in [-0.15, -0.1) is 0 Å². The van der Waals surface area contributed by atoms with E-state index in [4.69, 9.17) is 0 Å². The zero-order chi connectivity index (χ0) is 64.0. The summed E-state index contributed by atoms with van der Waals surface area (Å²) in [5.74, 6) is 0.402. The van der Waals surface area contributed by atoms with Crippen LogP contribution in [0.25, 0.3) is 77.2 Å². The first-order chi connectivity index (χ1) is 44.7. The predicted molar refractivity (Wildman–Crippen MR) is 401 cm³/mol. The molecule has 2 aliphatic heterocycles. The van der Waals surface area contributed by atoms with Crippen LogP contribution in [-0.4, -0.2) is 15.8 Å². The van der Waals surface area contributed by atoms with E-state index in [0.717, 1.165) is 11.4 Å². The summed E-state index contributed by atoms with van der Waals surface area (Å²) < 4.78 is 5.03. The lowest BCUT2D eigenvalue weighted by Gasteiger charge is -2.45. The van der Waals surface area contributed by atoms with Gasteiger partial charge in [0.15, 0.2) is 0 Å². The van der Waals surface area contributed by atoms with E-state index < -0.39 is 0 Å². The molecule has 0 amide bonds. The zero-order valence-electron chi connectivity index (χ0n) is 56.4. The molecule has 0 unspecified atom stereocenters. The molecule has 13 aromatic rings. The minimum Gasteiger partial charge on any atom is -0.311 e. The lowest BCUT2D eigenvalue weighted by molar-refractivity contribution is 0.444. The van der Waals surface area contributed by atoms with Gasteiger partial charge >= 0.3 is 0 Å². The van der Waals surface area contributed by atoms with Crippen LogP contribution in [0.4, 0.5) is 34.1 Å². The second kappa shape index (κ2) is 21.6. The molecule has 93 heavy (non-hydrogen) atoms. The summed E-state index contributed by atoms with van der Waals surface area (Å²) in [7, 11) is 0. The van der Waals surface area contributed by atoms with Gasteiger partial charge in [0.05, 0.1) is 33.4 Å². The van der Waals surface area contributed by atoms with Gasteiger partial charge in [-0.2, -0.15) is 0 Å². The van der Waals surface area contributed by atoms with E-state index in [9.17, 15) is 0 Å². The van der Waals surface area contributed by atoms with Gasteiger partial charge in [-0.1, -0.05) is 260 Å². The predicted octanol–water partition coefficient (Wildman–Crippen LogP) is 22.5. The molecule has 0 bridgehead atoms. The van der Waals surface area contributed by atoms with Crippen LogP contribution in [0.3, 0.4) is 0 Å². The van der Waals surface area contributed by atoms with Gasteiger partial charge in [-0.3, -0.25) is 0 Å². The van der Waals surface area contributed by atoms with Gasteiger partial charge in [-0.05, 0) is 169 Å². The SMILES string of the molecule is CC(C)(C)c1cc(-c2ccccc2N2c3cc(-n4c5ccccc5c5ccccc54)ccc3B3c4ccc(-n5c6ccccc6c6ccccc65)cc4N(c4ccccc4-c4cc(C(C)(C)C)cc(C(C)(C)C)c4)c4cc(C5CCCCC5)cc2c43)cc(C(C)(C)C)c1. The van der Waals surface area contributed by atoms with E-state index in [-0.39, 0.29) is 28.4 Å². The van der Waals surface area contributed by atoms with Gasteiger partial charge in [-0.25, -0.2) is 0 Å². The Kier molecular flexibility index (Phi) is 13.7. The number of nitrogens with zero attached hydrogens (tertiary/aromatic N) is 4. The number of rotatable bonds is 7. The van der Waals surface area contributed by atoms with Crippen LogP contribution in [-0.2, 0) is 21.7 Å². The zero-order valence-corrected chi connectivity index (χ0v) is 56.4. The molecule has 4 nitrogen and oxygen atoms in total. The van der Waals surface area contributed by atoms with Crippen LogP contribution >= 0.6 is 0 Å². The van der Waals surface area contributed by atoms with Crippen molar-refractivity contribution in [3.8, 4) is 33.6 Å². The minimum absolute atomic E-state index is 0.0720. The van der Waals surface area contributed by atoms with Crippen molar-refractivity contribution in [2.24, 2.45) is 0 Å². The standard InChI is InChI=1S/C88H85BN4/c1-85(2,3)60-46-58(47-61(52-60)86(4,5)6)66-30-16-22-36-74(66)92-80-54-64(90-76-38-24-18-32-68(76)69-33-19-25-39-77(69)90)42-44-72(80)89-73-45-43-65(91-78-40-26-20-34-70(78)71-35-21-27-41-79(71)91)55-81(73)93(83-51-57(50-82(92)84(83)89)56-28-14-13-15-29-56)75-37-23-17-31-67(75)59-48-62(87(7,8)9)53-63(49-59)88(10,11)12/h16-27,30-56H,13-15,28-29H2,1-12H3. The summed E-state index contributed by atoms with van der Waals surface area (Å²) in [6, 6.07) is 89.8. The lowest BCUT2D eigenvalue weighted by atomic mass is 9.33. The van der Waals surface area contributed by atoms with Crippen LogP contribution in [0.5, 0.6) is 0 Å². The Hall–Kier alpha value is -9.32. The van der Waals surface area contributed by atoms with Crippen molar-refractivity contribution in [2.75, 3.05) is 9.80 Å². The lowest BCUT2D eigenvalue weighted by Crippen LogP contribution is -2.61. The van der Waals surface area contributed by atoms with Crippen LogP contribution in [0.15, 0.2) is 231 Å². The molecule has 0 N–H and O–H groups in total. The molecule has 1 saturated carbocycles. The largest absolute Gasteiger partial charge is 0.311 e. The molecular weight excluding hydrogens is 1120 g/mol. The second-order valence-electron chi connectivity index (χ2n) is 31.3. The second-order valence-corrected chi connectivity index (χ2v) is 31.3. The normalized spacial score (nSPS) is 14.6. The molecule has 5 heteroatoms. The Bertz CT molecular complexity index is 4670. The number of aromatic nitrogens is 2. The summed E-state index contributed by atoms with van der Waals surface area (Å²) in [5, 5.41) is 5.03. The van der Waals surface area contributed by atoms with Crippen molar-refractivity contribution < 1.29 is 0 Å². The van der Waals surface area contributed by atoms with Crippen molar-refractivity contribution in [1.82, 2.24) is 9.13 Å². The third kappa shape index (κ3) is 9.77. The van der Waals surface area contributed by atoms with Crippen molar-refractivity contribution >= 4 is 101 Å². The molecule has 0 radical (unpaired) electrons. The maximum atomic E-state index is 2.73. The van der Waals surface area contributed by atoms with Crippen molar-refractivity contribution in [1.29, 1.82) is 0 Å². The summed E-state index contributed by atoms with van der Waals surface area (Å²) in [6.07, 6.45) is 6.08. The highest BCUT2D eigenvalue weighted by atomic mass is 15.2. The topological polar surface area (TPSA) is 16.3 Å². The Morgan fingerprint density at radius 3 is 1.00 bits per heavy atom. The molecule has 4 heterocycles. The molecule has 16 rings (SSSR count). The van der Waals surface area contributed by atoms with Gasteiger partial charge in [0.25, 0.3) is 6.71 Å². The smallest absolute Gasteiger partial charge is 0.252 e. The van der Waals surface area contributed by atoms with E-state index in [1.165, 1.54) is 176 Å². The average Bonchev–Trinajstić information content (AvgIpc) is 1.15. The number of fused-ring (bicyclic) bond motifs is 10. The molecule has 11 aromatic carbocycles. The quantitative estimate of drug-likeness (QED) is 0.148. The van der Waals surface area contributed by atoms with Gasteiger partial charge in [0.1, 0.15) is 0 Å². The van der Waals surface area contributed by atoms with E-state index in [1.54, 1.807) is 0 Å². The fraction of sp³-hybridized carbons (Fsp3) is 0.250. The summed E-state index contributed by atoms with van der Waals surface area (Å²) in [4.78, 5) is 5.46. The molecule has 3 aliphatic rings. The Labute approximate surface area is 551 Å². The summed E-state index contributed by atoms with van der Waals surface area (Å²) >= 11 is 0. The molecule has 2 aromatic heterocycles. The average molecular weight is 1210 g/mol. The van der Waals surface area contributed by atoms with E-state index in [0.29, 0.717) is 5.92 Å². The molecule has 1 fully saturated rings. The molecule has 1 aliphatic carbocycles. The highest BCUT2D eigenvalue weighted by molar-refractivity contribution is 7.00. The van der Waals surface area contributed by atoms with Crippen LogP contribution in [0.2, 0.25) is 0 Å². The van der Waals surface area contributed by atoms with Crippen LogP contribution < -0.4 is 26.2 Å². The van der Waals surface area contributed by atoms with Gasteiger partial charge in [0.2, 0.25) is 0 Å². The first-order valence-corrected chi connectivity index (χ1v) is 34.2. The Morgan fingerprint density at radius 1 is 0.312 bits per heavy atom. The third-order valence-electron chi connectivity index (χ3n) is 21.1. The molecule has 460 valence electrons. The van der Waals surface area contributed by atoms with Gasteiger partial charge in [0, 0.05) is 66.8 Å².